The van der Waals surface area contributed by atoms with Gasteiger partial charge in [0.05, 0.1) is 0 Å². The maximum Gasteiger partial charge on any atom is 0.123 e. The van der Waals surface area contributed by atoms with Crippen molar-refractivity contribution >= 4 is 0 Å². The quantitative estimate of drug-likeness (QED) is 0.590. The zero-order chi connectivity index (χ0) is 18.7. The molecule has 1 aliphatic rings. The second-order valence-corrected chi connectivity index (χ2v) is 7.53. The average molecular weight is 356 g/mol. The number of benzene rings is 2. The molecule has 0 atom stereocenters. The average Bonchev–Trinajstić information content (AvgIpc) is 2.60. The fourth-order valence-corrected chi connectivity index (χ4v) is 4.48. The lowest BCUT2D eigenvalue weighted by Crippen LogP contribution is -2.21. The smallest absolute Gasteiger partial charge is 0.123 e. The third kappa shape index (κ3) is 3.90. The van der Waals surface area contributed by atoms with Crippen molar-refractivity contribution in [3.63, 3.8) is 0 Å². The van der Waals surface area contributed by atoms with Crippen LogP contribution < -0.4 is 0 Å². The summed E-state index contributed by atoms with van der Waals surface area (Å²) in [5.74, 6) is 1.01. The van der Waals surface area contributed by atoms with Gasteiger partial charge in [-0.05, 0) is 36.8 Å². The Labute approximate surface area is 154 Å². The fourth-order valence-electron chi connectivity index (χ4n) is 4.48. The van der Waals surface area contributed by atoms with Crippen LogP contribution in [0.3, 0.4) is 0 Å². The van der Waals surface area contributed by atoms with Gasteiger partial charge in [-0.25, -0.2) is 0 Å². The van der Waals surface area contributed by atoms with Gasteiger partial charge >= 0.3 is 0 Å². The van der Waals surface area contributed by atoms with E-state index in [1.165, 1.54) is 25.0 Å². The van der Waals surface area contributed by atoms with E-state index < -0.39 is 0 Å². The molecule has 1 aliphatic carbocycles. The Morgan fingerprint density at radius 3 is 1.73 bits per heavy atom. The van der Waals surface area contributed by atoms with E-state index in [2.05, 4.69) is 6.92 Å². The minimum absolute atomic E-state index is 0.0200. The Morgan fingerprint density at radius 1 is 0.808 bits per heavy atom. The summed E-state index contributed by atoms with van der Waals surface area (Å²) in [6.07, 6.45) is 6.86. The second kappa shape index (κ2) is 7.90. The van der Waals surface area contributed by atoms with Gasteiger partial charge in [0.25, 0.3) is 0 Å². The fraction of sp³-hybridized carbons (Fsp3) is 0.455. The minimum Gasteiger partial charge on any atom is -0.508 e. The van der Waals surface area contributed by atoms with E-state index in [4.69, 9.17) is 0 Å². The van der Waals surface area contributed by atoms with Crippen LogP contribution in [0.4, 0.5) is 0 Å². The van der Waals surface area contributed by atoms with Crippen molar-refractivity contribution in [1.82, 2.24) is 0 Å². The van der Waals surface area contributed by atoms with Gasteiger partial charge in [0.2, 0.25) is 0 Å². The molecular weight excluding hydrogens is 328 g/mol. The van der Waals surface area contributed by atoms with E-state index in [0.29, 0.717) is 17.0 Å². The van der Waals surface area contributed by atoms with Crippen LogP contribution in [0.5, 0.6) is 23.0 Å². The molecule has 1 saturated carbocycles. The lowest BCUT2D eigenvalue weighted by atomic mass is 9.70. The molecule has 0 amide bonds. The van der Waals surface area contributed by atoms with Gasteiger partial charge in [0.15, 0.2) is 0 Å². The van der Waals surface area contributed by atoms with Gasteiger partial charge in [-0.3, -0.25) is 0 Å². The van der Waals surface area contributed by atoms with Crippen LogP contribution in [0.25, 0.3) is 0 Å². The summed E-state index contributed by atoms with van der Waals surface area (Å²) in [6.45, 7) is 2.22. The minimum atomic E-state index is -0.168. The van der Waals surface area contributed by atoms with E-state index in [1.54, 1.807) is 24.3 Å². The number of phenolic OH excluding ortho intramolecular Hbond substituents is 4. The van der Waals surface area contributed by atoms with Crippen LogP contribution in [0, 0.1) is 11.8 Å². The molecule has 0 bridgehead atoms. The zero-order valence-corrected chi connectivity index (χ0v) is 15.2. The first kappa shape index (κ1) is 18.4. The number of aromatic hydroxyl groups is 4. The second-order valence-electron chi connectivity index (χ2n) is 7.53. The molecule has 4 N–H and O–H groups in total. The first-order valence-electron chi connectivity index (χ1n) is 9.53. The molecule has 4 heteroatoms. The molecule has 4 nitrogen and oxygen atoms in total. The molecule has 0 saturated heterocycles. The van der Waals surface area contributed by atoms with E-state index in [1.807, 2.05) is 0 Å². The van der Waals surface area contributed by atoms with Gasteiger partial charge in [-0.2, -0.15) is 0 Å². The predicted molar refractivity (Wildman–Crippen MR) is 102 cm³/mol. The maximum atomic E-state index is 10.4. The molecule has 0 aliphatic heterocycles. The Hall–Kier alpha value is -2.36. The van der Waals surface area contributed by atoms with Crippen molar-refractivity contribution in [2.45, 2.75) is 51.4 Å². The predicted octanol–water partition coefficient (Wildman–Crippen LogP) is 5.25. The largest absolute Gasteiger partial charge is 0.508 e. The summed E-state index contributed by atoms with van der Waals surface area (Å²) in [4.78, 5) is 0. The molecule has 0 aromatic heterocycles. The molecule has 0 unspecified atom stereocenters. The molecule has 2 aromatic rings. The highest BCUT2D eigenvalue weighted by atomic mass is 16.3. The molecule has 26 heavy (non-hydrogen) atoms. The Bertz CT molecular complexity index is 696. The van der Waals surface area contributed by atoms with Gasteiger partial charge in [0, 0.05) is 29.2 Å². The first-order valence-corrected chi connectivity index (χ1v) is 9.53. The first-order chi connectivity index (χ1) is 12.5. The van der Waals surface area contributed by atoms with Crippen molar-refractivity contribution < 1.29 is 20.4 Å². The number of phenols is 4. The van der Waals surface area contributed by atoms with E-state index in [0.717, 1.165) is 31.6 Å². The third-order valence-corrected chi connectivity index (χ3v) is 5.76. The van der Waals surface area contributed by atoms with Crippen molar-refractivity contribution in [3.05, 3.63) is 47.5 Å². The van der Waals surface area contributed by atoms with Crippen LogP contribution in [0.1, 0.15) is 62.5 Å². The van der Waals surface area contributed by atoms with E-state index >= 15 is 0 Å². The molecule has 140 valence electrons. The van der Waals surface area contributed by atoms with Crippen LogP contribution >= 0.6 is 0 Å². The Kier molecular flexibility index (Phi) is 5.60. The molecule has 0 spiro atoms. The summed E-state index contributed by atoms with van der Waals surface area (Å²) < 4.78 is 0. The van der Waals surface area contributed by atoms with Crippen LogP contribution in [0.2, 0.25) is 0 Å². The Morgan fingerprint density at radius 2 is 1.31 bits per heavy atom. The van der Waals surface area contributed by atoms with E-state index in [9.17, 15) is 20.4 Å². The summed E-state index contributed by atoms with van der Waals surface area (Å²) in [5.41, 5.74) is 1.42. The highest BCUT2D eigenvalue weighted by Gasteiger charge is 2.32. The SMILES string of the molecule is CCCC1CCC(C(c2ccc(O)cc2O)c2ccc(O)cc2O)CC1. The number of hydrogen-bond acceptors (Lipinski definition) is 4. The van der Waals surface area contributed by atoms with E-state index in [-0.39, 0.29) is 28.9 Å². The van der Waals surface area contributed by atoms with Crippen LogP contribution in [-0.4, -0.2) is 20.4 Å². The molecular formula is C22H28O4. The highest BCUT2D eigenvalue weighted by molar-refractivity contribution is 5.50. The topological polar surface area (TPSA) is 80.9 Å². The molecule has 2 aromatic carbocycles. The summed E-state index contributed by atoms with van der Waals surface area (Å²) in [5, 5.41) is 40.2. The van der Waals surface area contributed by atoms with Gasteiger partial charge in [-0.15, -0.1) is 0 Å². The lowest BCUT2D eigenvalue weighted by Gasteiger charge is -2.35. The van der Waals surface area contributed by atoms with Crippen molar-refractivity contribution in [3.8, 4) is 23.0 Å². The molecule has 1 fully saturated rings. The zero-order valence-electron chi connectivity index (χ0n) is 15.2. The lowest BCUT2D eigenvalue weighted by molar-refractivity contribution is 0.242. The van der Waals surface area contributed by atoms with Gasteiger partial charge in [0.1, 0.15) is 23.0 Å². The third-order valence-electron chi connectivity index (χ3n) is 5.76. The number of hydrogen-bond donors (Lipinski definition) is 4. The molecule has 0 radical (unpaired) electrons. The standard InChI is InChI=1S/C22H28O4/c1-2-3-14-4-6-15(7-5-14)22(18-10-8-16(23)12-20(18)25)19-11-9-17(24)13-21(19)26/h8-15,22-26H,2-7H2,1H3. The molecule has 3 rings (SSSR count). The van der Waals surface area contributed by atoms with Crippen molar-refractivity contribution in [2.75, 3.05) is 0 Å². The van der Waals surface area contributed by atoms with Crippen molar-refractivity contribution in [2.24, 2.45) is 11.8 Å². The summed E-state index contributed by atoms with van der Waals surface area (Å²) in [6, 6.07) is 9.31. The normalized spacial score (nSPS) is 20.4. The Balaban J connectivity index is 1.97. The monoisotopic (exact) mass is 356 g/mol. The summed E-state index contributed by atoms with van der Waals surface area (Å²) in [7, 11) is 0. The number of rotatable bonds is 5. The van der Waals surface area contributed by atoms with Crippen molar-refractivity contribution in [1.29, 1.82) is 0 Å². The van der Waals surface area contributed by atoms with Crippen LogP contribution in [0.15, 0.2) is 36.4 Å². The van der Waals surface area contributed by atoms with Crippen LogP contribution in [-0.2, 0) is 0 Å². The van der Waals surface area contributed by atoms with Gasteiger partial charge < -0.3 is 20.4 Å². The highest BCUT2D eigenvalue weighted by Crippen LogP contribution is 2.48. The maximum absolute atomic E-state index is 10.4. The summed E-state index contributed by atoms with van der Waals surface area (Å²) >= 11 is 0. The molecule has 0 heterocycles. The van der Waals surface area contributed by atoms with Gasteiger partial charge in [-0.1, -0.05) is 44.7 Å².